The van der Waals surface area contributed by atoms with Crippen molar-refractivity contribution in [3.8, 4) is 0 Å². The lowest BCUT2D eigenvalue weighted by atomic mass is 9.88. The minimum absolute atomic E-state index is 0.0133. The summed E-state index contributed by atoms with van der Waals surface area (Å²) in [5.41, 5.74) is 12.8. The maximum absolute atomic E-state index is 12.1. The van der Waals surface area contributed by atoms with Gasteiger partial charge in [-0.2, -0.15) is 8.42 Å². The molecule has 0 aliphatic heterocycles. The first-order chi connectivity index (χ1) is 32.2. The van der Waals surface area contributed by atoms with Gasteiger partial charge in [0.25, 0.3) is 10.1 Å². The zero-order valence-corrected chi connectivity index (χ0v) is 39.1. The van der Waals surface area contributed by atoms with E-state index in [0.29, 0.717) is 44.1 Å². The number of aliphatic hydroxyl groups excluding tert-OH is 3. The van der Waals surface area contributed by atoms with Gasteiger partial charge in [-0.3, -0.25) is 23.4 Å². The van der Waals surface area contributed by atoms with Crippen LogP contribution in [0.15, 0.2) is 102 Å². The molecule has 67 heavy (non-hydrogen) atoms. The molecule has 0 fully saturated rings. The van der Waals surface area contributed by atoms with Crippen molar-refractivity contribution in [3.63, 3.8) is 0 Å². The summed E-state index contributed by atoms with van der Waals surface area (Å²) in [6.07, 6.45) is 12.0. The average Bonchev–Trinajstić information content (AvgIpc) is 3.31. The second-order valence-electron chi connectivity index (χ2n) is 17.6. The number of aliphatic carboxylic acids is 1. The van der Waals surface area contributed by atoms with Crippen LogP contribution in [-0.2, 0) is 70.5 Å². The summed E-state index contributed by atoms with van der Waals surface area (Å²) in [7, 11) is -3.74. The Morgan fingerprint density at radius 1 is 0.567 bits per heavy atom. The summed E-state index contributed by atoms with van der Waals surface area (Å²) in [6, 6.07) is 29.9. The first-order valence-corrected chi connectivity index (χ1v) is 24.8. The number of carbonyl (C=O) groups is 4. The molecule has 0 saturated heterocycles. The molecule has 11 nitrogen and oxygen atoms in total. The number of carbonyl (C=O) groups excluding carboxylic acids is 3. The Balaban J connectivity index is 0.000000152. The van der Waals surface area contributed by atoms with E-state index in [4.69, 9.17) is 19.5 Å². The van der Waals surface area contributed by atoms with Crippen LogP contribution in [0.1, 0.15) is 144 Å². The molecular formula is C55H62O11S. The zero-order chi connectivity index (χ0) is 47.9. The number of carboxylic acid groups (broad SMARTS) is 1. The number of Topliss-reactive ketones (excluding diaryl/α,β-unsaturated/α-hetero) is 3. The smallest absolute Gasteiger partial charge is 0.307 e. The second kappa shape index (κ2) is 24.4. The summed E-state index contributed by atoms with van der Waals surface area (Å²) in [6.45, 7) is 2.28. The minimum atomic E-state index is -3.74. The van der Waals surface area contributed by atoms with Gasteiger partial charge in [0.2, 0.25) is 0 Å². The minimum Gasteiger partial charge on any atom is -0.481 e. The van der Waals surface area contributed by atoms with E-state index in [0.717, 1.165) is 113 Å². The van der Waals surface area contributed by atoms with Gasteiger partial charge in [0.15, 0.2) is 17.3 Å². The number of ketones is 3. The van der Waals surface area contributed by atoms with Gasteiger partial charge in [-0.05, 0) is 164 Å². The SMILES string of the molecule is Cc1ccc(S(=O)(=O)OCCc2ccc3c(c2)C(=O)CCC3)cc1.O=C(O)Cc1ccc2c(c1)C(=O)CCC2.O=C1CCCc2ccc(CCO)cc21.OCCc1ccc2c(c1)C(O)CCC2. The summed E-state index contributed by atoms with van der Waals surface area (Å²) < 4.78 is 29.4. The third-order valence-electron chi connectivity index (χ3n) is 12.6. The van der Waals surface area contributed by atoms with Gasteiger partial charge in [-0.25, -0.2) is 0 Å². The number of benzene rings is 5. The number of aliphatic hydroxyl groups is 3. The Morgan fingerprint density at radius 2 is 1.00 bits per heavy atom. The van der Waals surface area contributed by atoms with E-state index in [1.807, 2.05) is 61.5 Å². The molecule has 0 amide bonds. The number of hydrogen-bond donors (Lipinski definition) is 4. The monoisotopic (exact) mass is 930 g/mol. The first kappa shape index (κ1) is 50.8. The Morgan fingerprint density at radius 3 is 1.49 bits per heavy atom. The van der Waals surface area contributed by atoms with Crippen LogP contribution in [0.4, 0.5) is 0 Å². The van der Waals surface area contributed by atoms with E-state index in [2.05, 4.69) is 6.07 Å². The van der Waals surface area contributed by atoms with Gasteiger partial charge < -0.3 is 20.4 Å². The van der Waals surface area contributed by atoms with Crippen LogP contribution in [0.25, 0.3) is 0 Å². The molecule has 0 spiro atoms. The molecule has 0 saturated carbocycles. The van der Waals surface area contributed by atoms with Crippen molar-refractivity contribution in [2.24, 2.45) is 0 Å². The van der Waals surface area contributed by atoms with Crippen molar-refractivity contribution < 1.29 is 52.2 Å². The van der Waals surface area contributed by atoms with Crippen LogP contribution in [-0.4, -0.2) is 72.0 Å². The maximum Gasteiger partial charge on any atom is 0.307 e. The Labute approximate surface area is 394 Å². The van der Waals surface area contributed by atoms with Crippen LogP contribution in [0.3, 0.4) is 0 Å². The highest BCUT2D eigenvalue weighted by Gasteiger charge is 2.21. The molecule has 0 heterocycles. The highest BCUT2D eigenvalue weighted by molar-refractivity contribution is 7.86. The first-order valence-electron chi connectivity index (χ1n) is 23.4. The lowest BCUT2D eigenvalue weighted by Crippen LogP contribution is -2.12. The van der Waals surface area contributed by atoms with E-state index in [-0.39, 0.29) is 54.6 Å². The van der Waals surface area contributed by atoms with Gasteiger partial charge >= 0.3 is 5.97 Å². The molecule has 1 unspecified atom stereocenters. The summed E-state index contributed by atoms with van der Waals surface area (Å²) in [5.74, 6) is -0.293. The average molecular weight is 931 g/mol. The Hall–Kier alpha value is -5.63. The van der Waals surface area contributed by atoms with Crippen LogP contribution >= 0.6 is 0 Å². The number of rotatable bonds is 11. The lowest BCUT2D eigenvalue weighted by Gasteiger charge is -2.21. The Bertz CT molecular complexity index is 2650. The molecule has 4 aliphatic carbocycles. The quantitative estimate of drug-likeness (QED) is 0.0927. The van der Waals surface area contributed by atoms with Gasteiger partial charge in [0.05, 0.1) is 24.0 Å². The van der Waals surface area contributed by atoms with Crippen LogP contribution < -0.4 is 0 Å². The van der Waals surface area contributed by atoms with E-state index >= 15 is 0 Å². The van der Waals surface area contributed by atoms with Gasteiger partial charge in [0.1, 0.15) is 0 Å². The molecule has 4 N–H and O–H groups in total. The fourth-order valence-electron chi connectivity index (χ4n) is 8.90. The molecule has 5 aromatic carbocycles. The maximum atomic E-state index is 12.1. The molecule has 12 heteroatoms. The topological polar surface area (TPSA) is 193 Å². The van der Waals surface area contributed by atoms with E-state index in [1.54, 1.807) is 36.4 Å². The zero-order valence-electron chi connectivity index (χ0n) is 38.3. The van der Waals surface area contributed by atoms with Crippen molar-refractivity contribution >= 4 is 33.4 Å². The van der Waals surface area contributed by atoms with Gasteiger partial charge in [-0.1, -0.05) is 72.3 Å². The molecule has 9 rings (SSSR count). The number of hydrogen-bond acceptors (Lipinski definition) is 10. The molecule has 354 valence electrons. The predicted molar refractivity (Wildman–Crippen MR) is 256 cm³/mol. The molecule has 0 bridgehead atoms. The second-order valence-corrected chi connectivity index (χ2v) is 19.2. The standard InChI is InChI=1S/C19H20O4S.C12H12O3.C12H16O2.C12H14O2/c1-14-5-9-17(10-6-14)24(21,22)23-12-11-15-7-8-16-3-2-4-19(20)18(16)13-15;13-11-3-1-2-9-5-4-8(6-10(9)11)7-12(14)15;2*13-7-6-9-4-5-10-2-1-3-12(14)11(10)8-9/h5-10,13H,2-4,11-12H2,1H3;4-6H,1-3,7H2,(H,14,15);4-5,8,12-14H,1-3,6-7H2;4-5,8,13H,1-3,6-7H2. The van der Waals surface area contributed by atoms with Gasteiger partial charge in [-0.15, -0.1) is 0 Å². The normalized spacial score (nSPS) is 16.0. The molecular weight excluding hydrogens is 869 g/mol. The van der Waals surface area contributed by atoms with E-state index in [9.17, 15) is 32.7 Å². The molecule has 0 radical (unpaired) electrons. The molecule has 4 aliphatic rings. The largest absolute Gasteiger partial charge is 0.481 e. The van der Waals surface area contributed by atoms with E-state index < -0.39 is 16.1 Å². The number of aryl methyl sites for hydroxylation is 5. The van der Waals surface area contributed by atoms with Gasteiger partial charge in [0, 0.05) is 49.2 Å². The lowest BCUT2D eigenvalue weighted by molar-refractivity contribution is -0.136. The Kier molecular flexibility index (Phi) is 18.5. The van der Waals surface area contributed by atoms with Crippen LogP contribution in [0.5, 0.6) is 0 Å². The third-order valence-corrected chi connectivity index (χ3v) is 13.9. The van der Waals surface area contributed by atoms with Crippen LogP contribution in [0, 0.1) is 6.92 Å². The van der Waals surface area contributed by atoms with Crippen molar-refractivity contribution in [3.05, 3.63) is 169 Å². The fraction of sp³-hybridized carbons (Fsp3) is 0.382. The predicted octanol–water partition coefficient (Wildman–Crippen LogP) is 8.63. The fourth-order valence-corrected chi connectivity index (χ4v) is 9.81. The molecule has 5 aromatic rings. The van der Waals surface area contributed by atoms with Crippen molar-refractivity contribution in [2.75, 3.05) is 19.8 Å². The number of fused-ring (bicyclic) bond motifs is 4. The van der Waals surface area contributed by atoms with Crippen molar-refractivity contribution in [2.45, 2.75) is 121 Å². The van der Waals surface area contributed by atoms with Crippen LogP contribution in [0.2, 0.25) is 0 Å². The van der Waals surface area contributed by atoms with Crippen molar-refractivity contribution in [1.29, 1.82) is 0 Å². The number of carboxylic acids is 1. The van der Waals surface area contributed by atoms with Crippen molar-refractivity contribution in [1.82, 2.24) is 0 Å². The van der Waals surface area contributed by atoms with E-state index in [1.165, 1.54) is 11.1 Å². The highest BCUT2D eigenvalue weighted by atomic mass is 32.2. The highest BCUT2D eigenvalue weighted by Crippen LogP contribution is 2.30. The third kappa shape index (κ3) is 14.4. The summed E-state index contributed by atoms with van der Waals surface area (Å²) in [5, 5.41) is 36.1. The molecule has 0 aromatic heterocycles. The summed E-state index contributed by atoms with van der Waals surface area (Å²) >= 11 is 0. The summed E-state index contributed by atoms with van der Waals surface area (Å²) in [4.78, 5) is 45.8. The molecule has 1 atom stereocenters.